The van der Waals surface area contributed by atoms with E-state index in [9.17, 15) is 4.79 Å². The van der Waals surface area contributed by atoms with E-state index in [1.807, 2.05) is 5.38 Å². The highest BCUT2D eigenvalue weighted by molar-refractivity contribution is 7.13. The number of thiazole rings is 1. The Balaban J connectivity index is 1.69. The topological polar surface area (TPSA) is 68.0 Å². The summed E-state index contributed by atoms with van der Waals surface area (Å²) in [5, 5.41) is 5.54. The van der Waals surface area contributed by atoms with E-state index in [0.717, 1.165) is 25.0 Å². The average Bonchev–Trinajstić information content (AvgIpc) is 2.76. The van der Waals surface area contributed by atoms with Gasteiger partial charge in [-0.15, -0.1) is 11.3 Å². The molecule has 1 aliphatic carbocycles. The number of carbonyl (C=O) groups excluding carboxylic acids is 1. The summed E-state index contributed by atoms with van der Waals surface area (Å²) >= 11 is 1.45. The molecule has 1 aromatic heterocycles. The van der Waals surface area contributed by atoms with Crippen LogP contribution in [0.5, 0.6) is 0 Å². The molecule has 1 aromatic rings. The number of nitrogens with zero attached hydrogens (tertiary/aromatic N) is 1. The lowest BCUT2D eigenvalue weighted by Gasteiger charge is -2.20. The van der Waals surface area contributed by atoms with Crippen molar-refractivity contribution in [3.05, 3.63) is 11.1 Å². The summed E-state index contributed by atoms with van der Waals surface area (Å²) in [6.45, 7) is 0.665. The molecule has 1 amide bonds. The molecule has 5 heteroatoms. The number of rotatable bonds is 4. The van der Waals surface area contributed by atoms with E-state index < -0.39 is 0 Å². The van der Waals surface area contributed by atoms with Crippen molar-refractivity contribution in [1.82, 2.24) is 10.3 Å². The predicted molar refractivity (Wildman–Crippen MR) is 69.8 cm³/mol. The normalized spacial score (nSPS) is 16.9. The van der Waals surface area contributed by atoms with E-state index in [1.54, 1.807) is 0 Å². The third-order valence-corrected chi connectivity index (χ3v) is 3.95. The van der Waals surface area contributed by atoms with Gasteiger partial charge >= 0.3 is 0 Å². The van der Waals surface area contributed by atoms with E-state index in [4.69, 9.17) is 5.73 Å². The first kappa shape index (κ1) is 12.4. The first-order valence-electron chi connectivity index (χ1n) is 6.23. The van der Waals surface area contributed by atoms with Crippen molar-refractivity contribution in [2.24, 2.45) is 5.92 Å². The summed E-state index contributed by atoms with van der Waals surface area (Å²) in [7, 11) is 0. The van der Waals surface area contributed by atoms with Gasteiger partial charge in [-0.2, -0.15) is 0 Å². The summed E-state index contributed by atoms with van der Waals surface area (Å²) in [4.78, 5) is 16.0. The van der Waals surface area contributed by atoms with Gasteiger partial charge in [-0.05, 0) is 12.8 Å². The average molecular weight is 253 g/mol. The van der Waals surface area contributed by atoms with Crippen molar-refractivity contribution in [2.75, 3.05) is 12.3 Å². The molecule has 0 aliphatic heterocycles. The highest BCUT2D eigenvalue weighted by Crippen LogP contribution is 2.23. The van der Waals surface area contributed by atoms with Crippen LogP contribution in [0.2, 0.25) is 0 Å². The summed E-state index contributed by atoms with van der Waals surface area (Å²) in [6.07, 6.45) is 6.54. The van der Waals surface area contributed by atoms with Crippen LogP contribution in [0.15, 0.2) is 5.38 Å². The smallest absolute Gasteiger partial charge is 0.223 e. The molecular weight excluding hydrogens is 234 g/mol. The van der Waals surface area contributed by atoms with Gasteiger partial charge in [-0.25, -0.2) is 4.98 Å². The predicted octanol–water partition coefficient (Wildman–Crippen LogP) is 1.96. The molecule has 0 radical (unpaired) electrons. The van der Waals surface area contributed by atoms with Crippen molar-refractivity contribution in [3.8, 4) is 0 Å². The molecule has 2 rings (SSSR count). The molecule has 94 valence electrons. The Morgan fingerprint density at radius 3 is 2.88 bits per heavy atom. The van der Waals surface area contributed by atoms with Crippen LogP contribution >= 0.6 is 11.3 Å². The monoisotopic (exact) mass is 253 g/mol. The van der Waals surface area contributed by atoms with Crippen LogP contribution < -0.4 is 11.1 Å². The van der Waals surface area contributed by atoms with Crippen molar-refractivity contribution in [3.63, 3.8) is 0 Å². The number of hydrogen-bond donors (Lipinski definition) is 2. The standard InChI is InChI=1S/C12H19N3OS/c13-12-15-10(8-17-12)6-7-14-11(16)9-4-2-1-3-5-9/h8-9H,1-7H2,(H2,13,15)(H,14,16). The second kappa shape index (κ2) is 6.00. The Labute approximate surface area is 106 Å². The van der Waals surface area contributed by atoms with Crippen molar-refractivity contribution < 1.29 is 4.79 Å². The Kier molecular flexibility index (Phi) is 4.36. The van der Waals surface area contributed by atoms with Gasteiger partial charge in [0, 0.05) is 24.3 Å². The number of aromatic nitrogens is 1. The molecule has 0 unspecified atom stereocenters. The fraction of sp³-hybridized carbons (Fsp3) is 0.667. The highest BCUT2D eigenvalue weighted by Gasteiger charge is 2.20. The molecule has 3 N–H and O–H groups in total. The maximum absolute atomic E-state index is 11.8. The number of carbonyl (C=O) groups is 1. The second-order valence-corrected chi connectivity index (χ2v) is 5.44. The summed E-state index contributed by atoms with van der Waals surface area (Å²) in [5.74, 6) is 0.456. The zero-order valence-corrected chi connectivity index (χ0v) is 10.8. The lowest BCUT2D eigenvalue weighted by Crippen LogP contribution is -2.33. The molecule has 0 saturated heterocycles. The van der Waals surface area contributed by atoms with Crippen LogP contribution in [0.25, 0.3) is 0 Å². The minimum Gasteiger partial charge on any atom is -0.375 e. The summed E-state index contributed by atoms with van der Waals surface area (Å²) < 4.78 is 0. The Morgan fingerprint density at radius 2 is 2.24 bits per heavy atom. The van der Waals surface area contributed by atoms with Gasteiger partial charge in [0.2, 0.25) is 5.91 Å². The maximum Gasteiger partial charge on any atom is 0.223 e. The largest absolute Gasteiger partial charge is 0.375 e. The van der Waals surface area contributed by atoms with Gasteiger partial charge in [-0.1, -0.05) is 19.3 Å². The molecule has 0 spiro atoms. The molecular formula is C12H19N3OS. The van der Waals surface area contributed by atoms with Gasteiger partial charge in [0.15, 0.2) is 5.13 Å². The SMILES string of the molecule is Nc1nc(CCNC(=O)C2CCCCC2)cs1. The van der Waals surface area contributed by atoms with Crippen LogP contribution in [0.1, 0.15) is 37.8 Å². The summed E-state index contributed by atoms with van der Waals surface area (Å²) in [6, 6.07) is 0. The molecule has 1 aliphatic rings. The lowest BCUT2D eigenvalue weighted by molar-refractivity contribution is -0.125. The first-order valence-corrected chi connectivity index (χ1v) is 7.11. The molecule has 4 nitrogen and oxygen atoms in total. The fourth-order valence-electron chi connectivity index (χ4n) is 2.26. The number of hydrogen-bond acceptors (Lipinski definition) is 4. The molecule has 1 heterocycles. The zero-order valence-electron chi connectivity index (χ0n) is 9.95. The summed E-state index contributed by atoms with van der Waals surface area (Å²) in [5.41, 5.74) is 6.52. The number of anilines is 1. The van der Waals surface area contributed by atoms with Gasteiger partial charge in [-0.3, -0.25) is 4.79 Å². The molecule has 0 aromatic carbocycles. The minimum absolute atomic E-state index is 0.216. The minimum atomic E-state index is 0.216. The van der Waals surface area contributed by atoms with E-state index in [2.05, 4.69) is 10.3 Å². The second-order valence-electron chi connectivity index (χ2n) is 4.55. The highest BCUT2D eigenvalue weighted by atomic mass is 32.1. The number of nitrogens with two attached hydrogens (primary N) is 1. The third kappa shape index (κ3) is 3.70. The molecule has 0 atom stereocenters. The quantitative estimate of drug-likeness (QED) is 0.862. The molecule has 1 fully saturated rings. The molecule has 1 saturated carbocycles. The van der Waals surface area contributed by atoms with Crippen LogP contribution in [0.3, 0.4) is 0 Å². The van der Waals surface area contributed by atoms with E-state index in [-0.39, 0.29) is 11.8 Å². The van der Waals surface area contributed by atoms with Gasteiger partial charge in [0.05, 0.1) is 5.69 Å². The van der Waals surface area contributed by atoms with Crippen LogP contribution in [0.4, 0.5) is 5.13 Å². The van der Waals surface area contributed by atoms with Crippen molar-refractivity contribution >= 4 is 22.4 Å². The fourth-order valence-corrected chi connectivity index (χ4v) is 2.86. The number of amides is 1. The Bertz CT molecular complexity index is 372. The third-order valence-electron chi connectivity index (χ3n) is 3.23. The number of nitrogen functional groups attached to an aromatic ring is 1. The van der Waals surface area contributed by atoms with E-state index in [0.29, 0.717) is 11.7 Å². The van der Waals surface area contributed by atoms with Crippen molar-refractivity contribution in [2.45, 2.75) is 38.5 Å². The Morgan fingerprint density at radius 1 is 1.47 bits per heavy atom. The Hall–Kier alpha value is -1.10. The lowest BCUT2D eigenvalue weighted by atomic mass is 9.89. The van der Waals surface area contributed by atoms with Gasteiger partial charge in [0.25, 0.3) is 0 Å². The van der Waals surface area contributed by atoms with Crippen LogP contribution in [-0.4, -0.2) is 17.4 Å². The van der Waals surface area contributed by atoms with Crippen LogP contribution in [-0.2, 0) is 11.2 Å². The van der Waals surface area contributed by atoms with Gasteiger partial charge < -0.3 is 11.1 Å². The van der Waals surface area contributed by atoms with Crippen molar-refractivity contribution in [1.29, 1.82) is 0 Å². The van der Waals surface area contributed by atoms with Gasteiger partial charge in [0.1, 0.15) is 0 Å². The first-order chi connectivity index (χ1) is 8.25. The molecule has 0 bridgehead atoms. The zero-order chi connectivity index (χ0) is 12.1. The maximum atomic E-state index is 11.8. The van der Waals surface area contributed by atoms with E-state index >= 15 is 0 Å². The molecule has 17 heavy (non-hydrogen) atoms. The van der Waals surface area contributed by atoms with E-state index in [1.165, 1.54) is 30.6 Å². The van der Waals surface area contributed by atoms with Crippen LogP contribution in [0, 0.1) is 5.92 Å². The number of nitrogens with one attached hydrogen (secondary N) is 1.